The van der Waals surface area contributed by atoms with Crippen LogP contribution in [0.3, 0.4) is 0 Å². The second-order valence-electron chi connectivity index (χ2n) is 5.70. The average Bonchev–Trinajstić information content (AvgIpc) is 2.41. The van der Waals surface area contributed by atoms with Gasteiger partial charge in [-0.2, -0.15) is 0 Å². The lowest BCUT2D eigenvalue weighted by Crippen LogP contribution is -2.43. The van der Waals surface area contributed by atoms with Crippen LogP contribution in [0.1, 0.15) is 27.2 Å². The maximum Gasteiger partial charge on any atom is 0.119 e. The molecule has 0 saturated carbocycles. The predicted molar refractivity (Wildman–Crippen MR) is 82.5 cm³/mol. The lowest BCUT2D eigenvalue weighted by Gasteiger charge is -2.27. The molecule has 4 nitrogen and oxygen atoms in total. The van der Waals surface area contributed by atoms with Gasteiger partial charge in [-0.3, -0.25) is 0 Å². The molecule has 2 atom stereocenters. The van der Waals surface area contributed by atoms with Gasteiger partial charge in [0.2, 0.25) is 0 Å². The van der Waals surface area contributed by atoms with Crippen molar-refractivity contribution < 1.29 is 9.47 Å². The number of morpholine rings is 1. The third-order valence-electron chi connectivity index (χ3n) is 3.28. The molecule has 4 heteroatoms. The maximum absolute atomic E-state index is 5.64. The molecule has 0 radical (unpaired) electrons. The second kappa shape index (κ2) is 7.50. The number of hydrogen-bond donors (Lipinski definition) is 2. The Balaban J connectivity index is 1.79. The standard InChI is InChI=1S/C16H26N2O2/c1-12(2)20-16-6-4-14(5-7-16)18-13(3)10-15-11-19-9-8-17-15/h4-7,12-13,15,17-18H,8-11H2,1-3H3. The van der Waals surface area contributed by atoms with Crippen molar-refractivity contribution >= 4 is 5.69 Å². The topological polar surface area (TPSA) is 42.5 Å². The van der Waals surface area contributed by atoms with Gasteiger partial charge >= 0.3 is 0 Å². The van der Waals surface area contributed by atoms with Gasteiger partial charge < -0.3 is 20.1 Å². The van der Waals surface area contributed by atoms with Crippen LogP contribution in [0, 0.1) is 0 Å². The zero-order valence-corrected chi connectivity index (χ0v) is 12.7. The van der Waals surface area contributed by atoms with E-state index in [1.54, 1.807) is 0 Å². The van der Waals surface area contributed by atoms with Crippen molar-refractivity contribution in [1.29, 1.82) is 0 Å². The second-order valence-corrected chi connectivity index (χ2v) is 5.70. The van der Waals surface area contributed by atoms with Gasteiger partial charge in [-0.05, 0) is 51.5 Å². The van der Waals surface area contributed by atoms with Crippen LogP contribution >= 0.6 is 0 Å². The molecule has 0 aromatic heterocycles. The summed E-state index contributed by atoms with van der Waals surface area (Å²) >= 11 is 0. The van der Waals surface area contributed by atoms with E-state index in [-0.39, 0.29) is 6.10 Å². The van der Waals surface area contributed by atoms with Gasteiger partial charge in [-0.15, -0.1) is 0 Å². The summed E-state index contributed by atoms with van der Waals surface area (Å²) in [6, 6.07) is 9.02. The van der Waals surface area contributed by atoms with Crippen molar-refractivity contribution in [2.24, 2.45) is 0 Å². The summed E-state index contributed by atoms with van der Waals surface area (Å²) < 4.78 is 11.1. The van der Waals surface area contributed by atoms with Crippen molar-refractivity contribution in [2.45, 2.75) is 45.4 Å². The summed E-state index contributed by atoms with van der Waals surface area (Å²) in [6.45, 7) is 8.87. The fraction of sp³-hybridized carbons (Fsp3) is 0.625. The zero-order valence-electron chi connectivity index (χ0n) is 12.7. The Morgan fingerprint density at radius 3 is 2.65 bits per heavy atom. The van der Waals surface area contributed by atoms with E-state index in [4.69, 9.17) is 9.47 Å². The normalized spacial score (nSPS) is 20.7. The van der Waals surface area contributed by atoms with E-state index < -0.39 is 0 Å². The van der Waals surface area contributed by atoms with Gasteiger partial charge in [0.1, 0.15) is 5.75 Å². The molecule has 1 aliphatic rings. The summed E-state index contributed by atoms with van der Waals surface area (Å²) in [4.78, 5) is 0. The van der Waals surface area contributed by atoms with Crippen LogP contribution < -0.4 is 15.4 Å². The van der Waals surface area contributed by atoms with Crippen LogP contribution in [-0.2, 0) is 4.74 Å². The largest absolute Gasteiger partial charge is 0.491 e. The van der Waals surface area contributed by atoms with E-state index in [1.807, 2.05) is 26.0 Å². The fourth-order valence-electron chi connectivity index (χ4n) is 2.44. The SMILES string of the molecule is CC(CC1COCCN1)Nc1ccc(OC(C)C)cc1. The van der Waals surface area contributed by atoms with Gasteiger partial charge in [-0.25, -0.2) is 0 Å². The zero-order chi connectivity index (χ0) is 14.4. The first-order valence-electron chi connectivity index (χ1n) is 7.48. The van der Waals surface area contributed by atoms with Crippen LogP contribution in [0.25, 0.3) is 0 Å². The van der Waals surface area contributed by atoms with Gasteiger partial charge in [0.05, 0.1) is 19.3 Å². The van der Waals surface area contributed by atoms with E-state index in [0.717, 1.165) is 37.6 Å². The predicted octanol–water partition coefficient (Wildman–Crippen LogP) is 2.65. The molecule has 112 valence electrons. The molecule has 0 aliphatic carbocycles. The van der Waals surface area contributed by atoms with Crippen molar-refractivity contribution in [3.05, 3.63) is 24.3 Å². The van der Waals surface area contributed by atoms with E-state index in [0.29, 0.717) is 12.1 Å². The molecule has 0 bridgehead atoms. The minimum absolute atomic E-state index is 0.213. The molecule has 2 rings (SSSR count). The highest BCUT2D eigenvalue weighted by Gasteiger charge is 2.16. The average molecular weight is 278 g/mol. The summed E-state index contributed by atoms with van der Waals surface area (Å²) in [7, 11) is 0. The first-order valence-corrected chi connectivity index (χ1v) is 7.48. The lowest BCUT2D eigenvalue weighted by molar-refractivity contribution is 0.0731. The smallest absolute Gasteiger partial charge is 0.119 e. The summed E-state index contributed by atoms with van der Waals surface area (Å²) in [5.41, 5.74) is 1.13. The van der Waals surface area contributed by atoms with Crippen LogP contribution in [0.15, 0.2) is 24.3 Å². The van der Waals surface area contributed by atoms with Crippen LogP contribution in [-0.4, -0.2) is 37.9 Å². The fourth-order valence-corrected chi connectivity index (χ4v) is 2.44. The quantitative estimate of drug-likeness (QED) is 0.839. The van der Waals surface area contributed by atoms with Crippen molar-refractivity contribution in [1.82, 2.24) is 5.32 Å². The van der Waals surface area contributed by atoms with Crippen LogP contribution in [0.2, 0.25) is 0 Å². The highest BCUT2D eigenvalue weighted by Crippen LogP contribution is 2.18. The van der Waals surface area contributed by atoms with Gasteiger partial charge in [-0.1, -0.05) is 0 Å². The summed E-state index contributed by atoms with van der Waals surface area (Å²) in [6.07, 6.45) is 1.27. The van der Waals surface area contributed by atoms with E-state index in [9.17, 15) is 0 Å². The Bertz CT molecular complexity index is 386. The number of benzene rings is 1. The molecule has 1 aliphatic heterocycles. The number of anilines is 1. The van der Waals surface area contributed by atoms with E-state index in [2.05, 4.69) is 29.7 Å². The third kappa shape index (κ3) is 5.02. The highest BCUT2D eigenvalue weighted by molar-refractivity contribution is 5.47. The van der Waals surface area contributed by atoms with Gasteiger partial charge in [0.25, 0.3) is 0 Å². The number of ether oxygens (including phenoxy) is 2. The first-order chi connectivity index (χ1) is 9.63. The van der Waals surface area contributed by atoms with Crippen LogP contribution in [0.4, 0.5) is 5.69 Å². The monoisotopic (exact) mass is 278 g/mol. The van der Waals surface area contributed by atoms with E-state index in [1.165, 1.54) is 0 Å². The molecule has 1 aromatic carbocycles. The van der Waals surface area contributed by atoms with Gasteiger partial charge in [0, 0.05) is 24.3 Å². The molecule has 2 unspecified atom stereocenters. The third-order valence-corrected chi connectivity index (χ3v) is 3.28. The number of rotatable bonds is 6. The number of nitrogens with one attached hydrogen (secondary N) is 2. The molecule has 1 fully saturated rings. The Morgan fingerprint density at radius 1 is 1.30 bits per heavy atom. The molecule has 0 amide bonds. The maximum atomic E-state index is 5.64. The van der Waals surface area contributed by atoms with Crippen molar-refractivity contribution in [3.63, 3.8) is 0 Å². The summed E-state index contributed by atoms with van der Waals surface area (Å²) in [5, 5.41) is 7.00. The Morgan fingerprint density at radius 2 is 2.05 bits per heavy atom. The highest BCUT2D eigenvalue weighted by atomic mass is 16.5. The number of hydrogen-bond acceptors (Lipinski definition) is 4. The molecule has 1 aromatic rings. The summed E-state index contributed by atoms with van der Waals surface area (Å²) in [5.74, 6) is 0.917. The molecule has 1 heterocycles. The lowest BCUT2D eigenvalue weighted by atomic mass is 10.1. The Hall–Kier alpha value is -1.26. The minimum atomic E-state index is 0.213. The van der Waals surface area contributed by atoms with Crippen LogP contribution in [0.5, 0.6) is 5.75 Å². The Labute approximate surface area is 121 Å². The van der Waals surface area contributed by atoms with Gasteiger partial charge in [0.15, 0.2) is 0 Å². The molecule has 20 heavy (non-hydrogen) atoms. The Kier molecular flexibility index (Phi) is 5.68. The molecule has 1 saturated heterocycles. The molecular formula is C16H26N2O2. The van der Waals surface area contributed by atoms with E-state index >= 15 is 0 Å². The van der Waals surface area contributed by atoms with Crippen molar-refractivity contribution in [2.75, 3.05) is 25.1 Å². The van der Waals surface area contributed by atoms with Crippen molar-refractivity contribution in [3.8, 4) is 5.75 Å². The molecule has 2 N–H and O–H groups in total. The first kappa shape index (κ1) is 15.1. The molecular weight excluding hydrogens is 252 g/mol. The minimum Gasteiger partial charge on any atom is -0.491 e. The molecule has 0 spiro atoms.